The third kappa shape index (κ3) is 4.01. The van der Waals surface area contributed by atoms with Crippen molar-refractivity contribution in [3.8, 4) is 11.5 Å². The summed E-state index contributed by atoms with van der Waals surface area (Å²) in [5.74, 6) is 0.720. The number of carbonyl (C=O) groups is 2. The quantitative estimate of drug-likeness (QED) is 0.558. The Kier molecular flexibility index (Phi) is 5.69. The molecule has 0 aliphatic carbocycles. The van der Waals surface area contributed by atoms with Crippen LogP contribution in [0.15, 0.2) is 42.5 Å². The molecule has 0 bridgehead atoms. The van der Waals surface area contributed by atoms with E-state index in [1.54, 1.807) is 63.6 Å². The molecule has 2 amide bonds. The third-order valence-electron chi connectivity index (χ3n) is 4.07. The van der Waals surface area contributed by atoms with E-state index in [0.29, 0.717) is 33.8 Å². The number of aromatic nitrogens is 1. The van der Waals surface area contributed by atoms with Crippen LogP contribution in [0.4, 0.5) is 16.2 Å². The Bertz CT molecular complexity index is 995. The lowest BCUT2D eigenvalue weighted by atomic mass is 10.2. The Morgan fingerprint density at radius 3 is 2.29 bits per heavy atom. The van der Waals surface area contributed by atoms with Gasteiger partial charge in [0.1, 0.15) is 17.2 Å². The minimum absolute atomic E-state index is 0.162. The van der Waals surface area contributed by atoms with Crippen LogP contribution in [0.5, 0.6) is 11.5 Å². The largest absolute Gasteiger partial charge is 0.497 e. The van der Waals surface area contributed by atoms with Gasteiger partial charge < -0.3 is 29.8 Å². The summed E-state index contributed by atoms with van der Waals surface area (Å²) >= 11 is 0. The Balaban J connectivity index is 1.91. The summed E-state index contributed by atoms with van der Waals surface area (Å²) < 4.78 is 15.4. The van der Waals surface area contributed by atoms with Gasteiger partial charge in [0.15, 0.2) is 0 Å². The Labute approximate surface area is 161 Å². The first-order valence-electron chi connectivity index (χ1n) is 8.64. The number of methoxy groups -OCH3 is 2. The molecule has 0 radical (unpaired) electrons. The van der Waals surface area contributed by atoms with E-state index >= 15 is 0 Å². The van der Waals surface area contributed by atoms with E-state index in [-0.39, 0.29) is 12.3 Å². The van der Waals surface area contributed by atoms with E-state index in [1.807, 2.05) is 0 Å². The van der Waals surface area contributed by atoms with Gasteiger partial charge in [-0.15, -0.1) is 0 Å². The highest BCUT2D eigenvalue weighted by Crippen LogP contribution is 2.31. The number of aromatic amines is 1. The number of hydrogen-bond acceptors (Lipinski definition) is 5. The maximum absolute atomic E-state index is 12.5. The lowest BCUT2D eigenvalue weighted by molar-refractivity contribution is 0.0522. The monoisotopic (exact) mass is 383 g/mol. The fourth-order valence-corrected chi connectivity index (χ4v) is 2.73. The number of carbonyl (C=O) groups excluding carboxylic acids is 2. The normalized spacial score (nSPS) is 10.4. The van der Waals surface area contributed by atoms with Crippen molar-refractivity contribution in [2.75, 3.05) is 31.5 Å². The number of rotatable bonds is 6. The standard InChI is InChI=1S/C20H21N3O5/c1-4-28-19(24)18-17(15-11-14(27-3)9-10-16(15)22-18)23-20(25)21-12-5-7-13(26-2)8-6-12/h5-11,22H,4H2,1-3H3,(H2,21,23,25). The summed E-state index contributed by atoms with van der Waals surface area (Å²) in [6.07, 6.45) is 0. The number of hydrogen-bond donors (Lipinski definition) is 3. The van der Waals surface area contributed by atoms with Gasteiger partial charge in [0, 0.05) is 16.6 Å². The second-order valence-electron chi connectivity index (χ2n) is 5.81. The van der Waals surface area contributed by atoms with Crippen LogP contribution in [-0.2, 0) is 4.74 Å². The molecule has 3 rings (SSSR count). The lowest BCUT2D eigenvalue weighted by Gasteiger charge is -2.10. The molecule has 0 aliphatic heterocycles. The molecule has 146 valence electrons. The maximum atomic E-state index is 12.5. The van der Waals surface area contributed by atoms with Crippen LogP contribution in [0.2, 0.25) is 0 Å². The molecule has 8 nitrogen and oxygen atoms in total. The molecule has 0 fully saturated rings. The lowest BCUT2D eigenvalue weighted by Crippen LogP contribution is -2.21. The molecule has 3 aromatic rings. The first kappa shape index (κ1) is 19.1. The summed E-state index contributed by atoms with van der Waals surface area (Å²) in [6, 6.07) is 11.6. The molecule has 0 spiro atoms. The number of anilines is 2. The molecule has 0 saturated heterocycles. The van der Waals surface area contributed by atoms with Crippen molar-refractivity contribution < 1.29 is 23.8 Å². The number of ether oxygens (including phenoxy) is 3. The molecule has 28 heavy (non-hydrogen) atoms. The number of benzene rings is 2. The SMILES string of the molecule is CCOC(=O)c1[nH]c2ccc(OC)cc2c1NC(=O)Nc1ccc(OC)cc1. The Hall–Kier alpha value is -3.68. The van der Waals surface area contributed by atoms with Gasteiger partial charge in [-0.25, -0.2) is 9.59 Å². The van der Waals surface area contributed by atoms with E-state index in [9.17, 15) is 9.59 Å². The van der Waals surface area contributed by atoms with Gasteiger partial charge >= 0.3 is 12.0 Å². The van der Waals surface area contributed by atoms with Crippen LogP contribution in [0, 0.1) is 0 Å². The zero-order valence-electron chi connectivity index (χ0n) is 15.8. The van der Waals surface area contributed by atoms with Gasteiger partial charge in [-0.1, -0.05) is 0 Å². The van der Waals surface area contributed by atoms with E-state index in [0.717, 1.165) is 0 Å². The number of nitrogens with one attached hydrogen (secondary N) is 3. The Morgan fingerprint density at radius 2 is 1.64 bits per heavy atom. The molecule has 0 saturated carbocycles. The topological polar surface area (TPSA) is 102 Å². The summed E-state index contributed by atoms with van der Waals surface area (Å²) in [7, 11) is 3.11. The second kappa shape index (κ2) is 8.34. The highest BCUT2D eigenvalue weighted by atomic mass is 16.5. The van der Waals surface area contributed by atoms with Crippen molar-refractivity contribution in [1.29, 1.82) is 0 Å². The average Bonchev–Trinajstić information content (AvgIpc) is 3.06. The maximum Gasteiger partial charge on any atom is 0.356 e. The number of urea groups is 1. The fraction of sp³-hybridized carbons (Fsp3) is 0.200. The van der Waals surface area contributed by atoms with Gasteiger partial charge in [-0.2, -0.15) is 0 Å². The van der Waals surface area contributed by atoms with E-state index in [4.69, 9.17) is 14.2 Å². The highest BCUT2D eigenvalue weighted by Gasteiger charge is 2.21. The fourth-order valence-electron chi connectivity index (χ4n) is 2.73. The van der Waals surface area contributed by atoms with Crippen molar-refractivity contribution in [2.24, 2.45) is 0 Å². The van der Waals surface area contributed by atoms with Crippen molar-refractivity contribution >= 4 is 34.3 Å². The molecule has 1 heterocycles. The van der Waals surface area contributed by atoms with Crippen LogP contribution >= 0.6 is 0 Å². The predicted molar refractivity (Wildman–Crippen MR) is 106 cm³/mol. The smallest absolute Gasteiger partial charge is 0.356 e. The highest BCUT2D eigenvalue weighted by molar-refractivity contribution is 6.13. The average molecular weight is 383 g/mol. The second-order valence-corrected chi connectivity index (χ2v) is 5.81. The summed E-state index contributed by atoms with van der Waals surface area (Å²) in [6.45, 7) is 1.93. The Morgan fingerprint density at radius 1 is 0.964 bits per heavy atom. The molecule has 8 heteroatoms. The number of esters is 1. The van der Waals surface area contributed by atoms with Crippen LogP contribution in [-0.4, -0.2) is 37.8 Å². The molecule has 3 N–H and O–H groups in total. The minimum Gasteiger partial charge on any atom is -0.497 e. The van der Waals surface area contributed by atoms with Crippen LogP contribution in [0.25, 0.3) is 10.9 Å². The van der Waals surface area contributed by atoms with Gasteiger partial charge in [0.25, 0.3) is 0 Å². The molecule has 2 aromatic carbocycles. The van der Waals surface area contributed by atoms with E-state index in [1.165, 1.54) is 0 Å². The van der Waals surface area contributed by atoms with Crippen molar-refractivity contribution in [3.05, 3.63) is 48.2 Å². The molecule has 0 unspecified atom stereocenters. The first-order valence-corrected chi connectivity index (χ1v) is 8.64. The third-order valence-corrected chi connectivity index (χ3v) is 4.07. The zero-order valence-corrected chi connectivity index (χ0v) is 15.8. The summed E-state index contributed by atoms with van der Waals surface area (Å²) in [5, 5.41) is 6.08. The van der Waals surface area contributed by atoms with Crippen molar-refractivity contribution in [1.82, 2.24) is 4.98 Å². The van der Waals surface area contributed by atoms with Gasteiger partial charge in [0.2, 0.25) is 0 Å². The minimum atomic E-state index is -0.558. The zero-order chi connectivity index (χ0) is 20.1. The van der Waals surface area contributed by atoms with Gasteiger partial charge in [-0.3, -0.25) is 0 Å². The number of fused-ring (bicyclic) bond motifs is 1. The summed E-state index contributed by atoms with van der Waals surface area (Å²) in [5.41, 5.74) is 1.73. The molecule has 1 aromatic heterocycles. The molecular formula is C20H21N3O5. The van der Waals surface area contributed by atoms with Gasteiger partial charge in [-0.05, 0) is 49.4 Å². The van der Waals surface area contributed by atoms with Crippen molar-refractivity contribution in [2.45, 2.75) is 6.92 Å². The number of H-pyrrole nitrogens is 1. The van der Waals surface area contributed by atoms with Crippen LogP contribution in [0.3, 0.4) is 0 Å². The molecule has 0 aliphatic rings. The van der Waals surface area contributed by atoms with Crippen LogP contribution < -0.4 is 20.1 Å². The molecular weight excluding hydrogens is 362 g/mol. The summed E-state index contributed by atoms with van der Waals surface area (Å²) in [4.78, 5) is 27.8. The molecule has 0 atom stereocenters. The predicted octanol–water partition coefficient (Wildman–Crippen LogP) is 4.01. The first-order chi connectivity index (χ1) is 13.5. The van der Waals surface area contributed by atoms with E-state index in [2.05, 4.69) is 15.6 Å². The van der Waals surface area contributed by atoms with Gasteiger partial charge in [0.05, 0.1) is 26.5 Å². The number of amides is 2. The van der Waals surface area contributed by atoms with E-state index < -0.39 is 12.0 Å². The van der Waals surface area contributed by atoms with Crippen molar-refractivity contribution in [3.63, 3.8) is 0 Å². The van der Waals surface area contributed by atoms with Crippen LogP contribution in [0.1, 0.15) is 17.4 Å².